The summed E-state index contributed by atoms with van der Waals surface area (Å²) in [6.45, 7) is -0.0319. The summed E-state index contributed by atoms with van der Waals surface area (Å²) in [5.41, 5.74) is -0.0395. The maximum Gasteiger partial charge on any atom is 0.313 e. The van der Waals surface area contributed by atoms with E-state index in [1.165, 1.54) is 22.5 Å². The zero-order valence-electron chi connectivity index (χ0n) is 15.0. The van der Waals surface area contributed by atoms with Crippen molar-refractivity contribution in [3.8, 4) is 0 Å². The first-order chi connectivity index (χ1) is 13.3. The Morgan fingerprint density at radius 2 is 1.79 bits per heavy atom. The van der Waals surface area contributed by atoms with Gasteiger partial charge in [-0.25, -0.2) is 8.42 Å². The van der Waals surface area contributed by atoms with Gasteiger partial charge in [-0.2, -0.15) is 4.31 Å². The lowest BCUT2D eigenvalue weighted by Gasteiger charge is -2.26. The number of hydrogen-bond donors (Lipinski definition) is 3. The summed E-state index contributed by atoms with van der Waals surface area (Å²) in [5.74, 6) is -2.05. The van der Waals surface area contributed by atoms with E-state index < -0.39 is 21.8 Å². The average molecular weight is 436 g/mol. The molecule has 2 amide bonds. The number of aliphatic hydroxyl groups excluding tert-OH is 2. The average Bonchev–Trinajstić information content (AvgIpc) is 2.69. The van der Waals surface area contributed by atoms with Gasteiger partial charge < -0.3 is 25.2 Å². The van der Waals surface area contributed by atoms with Gasteiger partial charge in [0.25, 0.3) is 0 Å². The Balaban J connectivity index is 2.21. The smallest absolute Gasteiger partial charge is 0.313 e. The molecule has 3 N–H and O–H groups in total. The molecule has 1 aliphatic rings. The van der Waals surface area contributed by atoms with Crippen LogP contribution in [0.25, 0.3) is 0 Å². The Morgan fingerprint density at radius 1 is 1.18 bits per heavy atom. The van der Waals surface area contributed by atoms with E-state index >= 15 is 0 Å². The lowest BCUT2D eigenvalue weighted by Crippen LogP contribution is -2.42. The van der Waals surface area contributed by atoms with Gasteiger partial charge in [-0.3, -0.25) is 9.59 Å². The fraction of sp³-hybridized carbons (Fsp3) is 0.500. The maximum absolute atomic E-state index is 12.7. The number of morpholine rings is 1. The molecule has 0 aliphatic carbocycles. The number of carbonyl (C=O) groups is 2. The van der Waals surface area contributed by atoms with Crippen molar-refractivity contribution >= 4 is 39.1 Å². The highest BCUT2D eigenvalue weighted by molar-refractivity contribution is 7.89. The summed E-state index contributed by atoms with van der Waals surface area (Å²) >= 11 is 6.03. The fourth-order valence-corrected chi connectivity index (χ4v) is 4.17. The maximum atomic E-state index is 12.7. The van der Waals surface area contributed by atoms with Crippen LogP contribution >= 0.6 is 11.6 Å². The number of benzene rings is 1. The number of halogens is 1. The van der Waals surface area contributed by atoms with Crippen LogP contribution in [-0.2, 0) is 24.3 Å². The molecule has 1 saturated heterocycles. The number of rotatable bonds is 7. The van der Waals surface area contributed by atoms with Crippen molar-refractivity contribution in [2.75, 3.05) is 57.9 Å². The number of carbonyl (C=O) groups excluding carboxylic acids is 2. The van der Waals surface area contributed by atoms with E-state index in [0.29, 0.717) is 0 Å². The van der Waals surface area contributed by atoms with Crippen LogP contribution in [0, 0.1) is 0 Å². The minimum absolute atomic E-state index is 0.0395. The number of ether oxygens (including phenoxy) is 1. The second kappa shape index (κ2) is 10.1. The van der Waals surface area contributed by atoms with Crippen molar-refractivity contribution in [1.29, 1.82) is 0 Å². The fourth-order valence-electron chi connectivity index (χ4n) is 2.57. The van der Waals surface area contributed by atoms with Crippen LogP contribution in [0.1, 0.15) is 0 Å². The summed E-state index contributed by atoms with van der Waals surface area (Å²) in [4.78, 5) is 25.3. The molecule has 1 fully saturated rings. The quantitative estimate of drug-likeness (QED) is 0.472. The Kier molecular flexibility index (Phi) is 8.16. The lowest BCUT2D eigenvalue weighted by molar-refractivity contribution is -0.143. The van der Waals surface area contributed by atoms with Crippen molar-refractivity contribution in [3.63, 3.8) is 0 Å². The Morgan fingerprint density at radius 3 is 2.36 bits per heavy atom. The third-order valence-corrected chi connectivity index (χ3v) is 6.24. The largest absolute Gasteiger partial charge is 0.395 e. The van der Waals surface area contributed by atoms with Gasteiger partial charge in [0.15, 0.2) is 0 Å². The molecule has 1 aromatic carbocycles. The second-order valence-corrected chi connectivity index (χ2v) is 8.20. The SMILES string of the molecule is O=C(Nc1cc(S(=O)(=O)N2CCOCC2)ccc1Cl)C(=O)N(CCO)CCO. The number of hydrogen-bond acceptors (Lipinski definition) is 7. The molecule has 28 heavy (non-hydrogen) atoms. The molecular weight excluding hydrogens is 414 g/mol. The third kappa shape index (κ3) is 5.40. The topological polar surface area (TPSA) is 136 Å². The van der Waals surface area contributed by atoms with Crippen LogP contribution in [0.15, 0.2) is 23.1 Å². The Bertz CT molecular complexity index is 806. The molecular formula is C16H22ClN3O7S. The first-order valence-electron chi connectivity index (χ1n) is 8.50. The van der Waals surface area contributed by atoms with Crippen LogP contribution in [0.2, 0.25) is 5.02 Å². The Labute approximate surface area is 167 Å². The molecule has 12 heteroatoms. The zero-order chi connectivity index (χ0) is 20.7. The van der Waals surface area contributed by atoms with Crippen LogP contribution in [-0.4, -0.2) is 92.3 Å². The van der Waals surface area contributed by atoms with Crippen LogP contribution in [0.5, 0.6) is 0 Å². The molecule has 156 valence electrons. The first kappa shape index (κ1) is 22.5. The summed E-state index contributed by atoms with van der Waals surface area (Å²) in [5, 5.41) is 20.3. The van der Waals surface area contributed by atoms with E-state index in [-0.39, 0.29) is 68.2 Å². The summed E-state index contributed by atoms with van der Waals surface area (Å²) in [7, 11) is -3.81. The summed E-state index contributed by atoms with van der Waals surface area (Å²) in [6, 6.07) is 3.81. The lowest BCUT2D eigenvalue weighted by atomic mass is 10.3. The van der Waals surface area contributed by atoms with Gasteiger partial charge in [0.05, 0.1) is 42.0 Å². The van der Waals surface area contributed by atoms with Crippen molar-refractivity contribution in [2.24, 2.45) is 0 Å². The van der Waals surface area contributed by atoms with E-state index in [2.05, 4.69) is 5.32 Å². The molecule has 0 saturated carbocycles. The molecule has 1 heterocycles. The highest BCUT2D eigenvalue weighted by atomic mass is 35.5. The molecule has 0 spiro atoms. The number of aliphatic hydroxyl groups is 2. The minimum Gasteiger partial charge on any atom is -0.395 e. The van der Waals surface area contributed by atoms with Gasteiger partial charge in [-0.05, 0) is 18.2 Å². The number of amides is 2. The summed E-state index contributed by atoms with van der Waals surface area (Å²) < 4.78 is 31.9. The molecule has 0 unspecified atom stereocenters. The second-order valence-electron chi connectivity index (χ2n) is 5.85. The minimum atomic E-state index is -3.81. The van der Waals surface area contributed by atoms with Gasteiger partial charge in [0.2, 0.25) is 10.0 Å². The van der Waals surface area contributed by atoms with Crippen molar-refractivity contribution in [3.05, 3.63) is 23.2 Å². The third-order valence-electron chi connectivity index (χ3n) is 4.02. The monoisotopic (exact) mass is 435 g/mol. The number of nitrogens with one attached hydrogen (secondary N) is 1. The highest BCUT2D eigenvalue weighted by Crippen LogP contribution is 2.27. The van der Waals surface area contributed by atoms with E-state index in [4.69, 9.17) is 26.6 Å². The van der Waals surface area contributed by atoms with Crippen molar-refractivity contribution in [2.45, 2.75) is 4.90 Å². The molecule has 0 atom stereocenters. The van der Waals surface area contributed by atoms with Gasteiger partial charge in [-0.1, -0.05) is 11.6 Å². The molecule has 0 aromatic heterocycles. The van der Waals surface area contributed by atoms with E-state index in [1.807, 2.05) is 0 Å². The van der Waals surface area contributed by atoms with Gasteiger partial charge >= 0.3 is 11.8 Å². The predicted molar refractivity (Wildman–Crippen MR) is 100 cm³/mol. The van der Waals surface area contributed by atoms with Crippen LogP contribution in [0.3, 0.4) is 0 Å². The van der Waals surface area contributed by atoms with Gasteiger partial charge in [0, 0.05) is 26.2 Å². The van der Waals surface area contributed by atoms with Gasteiger partial charge in [-0.15, -0.1) is 0 Å². The Hall–Kier alpha value is -1.76. The van der Waals surface area contributed by atoms with Crippen LogP contribution in [0.4, 0.5) is 5.69 Å². The van der Waals surface area contributed by atoms with E-state index in [9.17, 15) is 18.0 Å². The standard InChI is InChI=1S/C16H22ClN3O7S/c17-13-2-1-12(28(25,26)20-5-9-27-10-6-20)11-14(13)18-15(23)16(24)19(3-7-21)4-8-22/h1-2,11,21-22H,3-10H2,(H,18,23). The molecule has 10 nitrogen and oxygen atoms in total. The number of nitrogens with zero attached hydrogens (tertiary/aromatic N) is 2. The zero-order valence-corrected chi connectivity index (χ0v) is 16.6. The molecule has 0 radical (unpaired) electrons. The normalized spacial score (nSPS) is 15.2. The van der Waals surface area contributed by atoms with Gasteiger partial charge in [0.1, 0.15) is 0 Å². The molecule has 1 aliphatic heterocycles. The number of sulfonamides is 1. The predicted octanol–water partition coefficient (Wildman–Crippen LogP) is -0.887. The highest BCUT2D eigenvalue weighted by Gasteiger charge is 2.28. The van der Waals surface area contributed by atoms with E-state index in [1.54, 1.807) is 0 Å². The molecule has 1 aromatic rings. The van der Waals surface area contributed by atoms with E-state index in [0.717, 1.165) is 4.90 Å². The van der Waals surface area contributed by atoms with Crippen molar-refractivity contribution < 1.29 is 33.0 Å². The number of anilines is 1. The summed E-state index contributed by atoms with van der Waals surface area (Å²) in [6.07, 6.45) is 0. The van der Waals surface area contributed by atoms with Crippen LogP contribution < -0.4 is 5.32 Å². The van der Waals surface area contributed by atoms with Crippen molar-refractivity contribution in [1.82, 2.24) is 9.21 Å². The molecule has 2 rings (SSSR count). The molecule has 0 bridgehead atoms. The first-order valence-corrected chi connectivity index (χ1v) is 10.3.